The highest BCUT2D eigenvalue weighted by Crippen LogP contribution is 2.46. The number of aliphatic hydroxyl groups excluding tert-OH is 3. The number of carboxylic acids is 1. The lowest BCUT2D eigenvalue weighted by Crippen LogP contribution is -2.59. The van der Waals surface area contributed by atoms with Crippen LogP contribution in [0.25, 0.3) is 0 Å². The third kappa shape index (κ3) is 6.46. The molecule has 0 aliphatic carbocycles. The van der Waals surface area contributed by atoms with E-state index in [1.807, 2.05) is 0 Å². The molecule has 0 saturated carbocycles. The van der Waals surface area contributed by atoms with Gasteiger partial charge in [-0.15, -0.1) is 0 Å². The minimum absolute atomic E-state index is 1.24. The normalized spacial score (nSPS) is 18.8. The molecule has 126 valence electrons. The second-order valence-corrected chi connectivity index (χ2v) is 6.14. The van der Waals surface area contributed by atoms with Gasteiger partial charge in [-0.2, -0.15) is 0 Å². The molecule has 0 aliphatic rings. The van der Waals surface area contributed by atoms with Gasteiger partial charge in [0, 0.05) is 0 Å². The molecule has 0 saturated heterocycles. The highest BCUT2D eigenvalue weighted by molar-refractivity contribution is 7.46. The number of aliphatic hydroxyl groups is 3. The average molecular weight is 356 g/mol. The molecule has 15 heteroatoms. The quantitative estimate of drug-likeness (QED) is 0.190. The van der Waals surface area contributed by atoms with Crippen molar-refractivity contribution >= 4 is 21.6 Å². The molecule has 0 rings (SSSR count). The number of phosphoric ester groups is 2. The minimum atomic E-state index is -5.59. The summed E-state index contributed by atoms with van der Waals surface area (Å²) in [5.74, 6) is -2.31. The van der Waals surface area contributed by atoms with E-state index in [0.29, 0.717) is 0 Å². The molecule has 0 aromatic carbocycles. The first-order valence-corrected chi connectivity index (χ1v) is 7.98. The van der Waals surface area contributed by atoms with Crippen molar-refractivity contribution < 1.29 is 63.0 Å². The van der Waals surface area contributed by atoms with Crippen LogP contribution < -0.4 is 0 Å². The summed E-state index contributed by atoms with van der Waals surface area (Å²) < 4.78 is 29.0. The Hall–Kier alpha value is -0.430. The fourth-order valence-corrected chi connectivity index (χ4v) is 2.22. The number of aliphatic carboxylic acids is 1. The second kappa shape index (κ2) is 7.22. The highest BCUT2D eigenvalue weighted by Gasteiger charge is 2.55. The fraction of sp³-hybridized carbons (Fsp3) is 0.833. The van der Waals surface area contributed by atoms with E-state index >= 15 is 0 Å². The Kier molecular flexibility index (Phi) is 7.07. The molecule has 8 N–H and O–H groups in total. The maximum absolute atomic E-state index is 11.1. The van der Waals surface area contributed by atoms with Gasteiger partial charge >= 0.3 is 21.6 Å². The summed E-state index contributed by atoms with van der Waals surface area (Å²) in [6.07, 6.45) is -4.94. The summed E-state index contributed by atoms with van der Waals surface area (Å²) in [5.41, 5.74) is -3.44. The first kappa shape index (κ1) is 20.6. The molecule has 0 unspecified atom stereocenters. The van der Waals surface area contributed by atoms with E-state index in [4.69, 9.17) is 29.8 Å². The molecule has 21 heavy (non-hydrogen) atoms. The number of hydrogen-bond donors (Lipinski definition) is 8. The summed E-state index contributed by atoms with van der Waals surface area (Å²) >= 11 is 0. The summed E-state index contributed by atoms with van der Waals surface area (Å²) in [7, 11) is -10.9. The van der Waals surface area contributed by atoms with Crippen LogP contribution in [0.3, 0.4) is 0 Å². The van der Waals surface area contributed by atoms with E-state index in [9.17, 15) is 24.1 Å². The Morgan fingerprint density at radius 3 is 1.86 bits per heavy atom. The van der Waals surface area contributed by atoms with Crippen molar-refractivity contribution in [2.24, 2.45) is 0 Å². The number of carboxylic acid groups (broad SMARTS) is 1. The van der Waals surface area contributed by atoms with Crippen molar-refractivity contribution in [3.8, 4) is 0 Å². The molecular formula is C6H14O13P2. The van der Waals surface area contributed by atoms with Crippen LogP contribution in [0.15, 0.2) is 0 Å². The fourth-order valence-electron chi connectivity index (χ4n) is 1.20. The van der Waals surface area contributed by atoms with E-state index in [1.165, 1.54) is 0 Å². The Bertz CT molecular complexity index is 452. The highest BCUT2D eigenvalue weighted by atomic mass is 31.2. The van der Waals surface area contributed by atoms with Crippen molar-refractivity contribution in [2.75, 3.05) is 13.2 Å². The van der Waals surface area contributed by atoms with E-state index in [-0.39, 0.29) is 0 Å². The van der Waals surface area contributed by atoms with Crippen LogP contribution in [0.4, 0.5) is 0 Å². The Morgan fingerprint density at radius 1 is 1.10 bits per heavy atom. The molecule has 0 spiro atoms. The molecule has 0 amide bonds. The van der Waals surface area contributed by atoms with Crippen molar-refractivity contribution in [1.29, 1.82) is 0 Å². The van der Waals surface area contributed by atoms with Crippen LogP contribution in [0.5, 0.6) is 0 Å². The molecule has 0 aromatic rings. The van der Waals surface area contributed by atoms with Crippen molar-refractivity contribution in [2.45, 2.75) is 17.8 Å². The summed E-state index contributed by atoms with van der Waals surface area (Å²) in [4.78, 5) is 45.4. The average Bonchev–Trinajstić information content (AvgIpc) is 2.29. The monoisotopic (exact) mass is 356 g/mol. The molecule has 0 radical (unpaired) electrons. The molecule has 0 aliphatic heterocycles. The van der Waals surface area contributed by atoms with Gasteiger partial charge in [-0.25, -0.2) is 13.9 Å². The molecule has 13 nitrogen and oxygen atoms in total. The zero-order valence-electron chi connectivity index (χ0n) is 10.1. The van der Waals surface area contributed by atoms with Gasteiger partial charge in [0.15, 0.2) is 0 Å². The second-order valence-electron chi connectivity index (χ2n) is 3.74. The number of phosphoric acid groups is 2. The third-order valence-electron chi connectivity index (χ3n) is 2.12. The van der Waals surface area contributed by atoms with Crippen LogP contribution in [-0.4, -0.2) is 77.0 Å². The van der Waals surface area contributed by atoms with Crippen molar-refractivity contribution in [1.82, 2.24) is 0 Å². The van der Waals surface area contributed by atoms with E-state index < -0.39 is 52.6 Å². The topological polar surface area (TPSA) is 232 Å². The smallest absolute Gasteiger partial charge is 0.470 e. The van der Waals surface area contributed by atoms with Gasteiger partial charge in [0.25, 0.3) is 0 Å². The number of carbonyl (C=O) groups is 1. The summed E-state index contributed by atoms with van der Waals surface area (Å²) in [5, 5.41) is 36.3. The van der Waals surface area contributed by atoms with Gasteiger partial charge in [0.05, 0.1) is 6.61 Å². The zero-order valence-corrected chi connectivity index (χ0v) is 11.9. The Labute approximate surface area is 116 Å². The van der Waals surface area contributed by atoms with Crippen LogP contribution in [0.2, 0.25) is 0 Å². The summed E-state index contributed by atoms with van der Waals surface area (Å²) in [6.45, 7) is -2.97. The van der Waals surface area contributed by atoms with E-state index in [0.717, 1.165) is 0 Å². The minimum Gasteiger partial charge on any atom is -0.479 e. The van der Waals surface area contributed by atoms with Gasteiger partial charge < -0.3 is 40.0 Å². The zero-order chi connectivity index (χ0) is 17.1. The Balaban J connectivity index is 5.71. The van der Waals surface area contributed by atoms with E-state index in [2.05, 4.69) is 9.05 Å². The van der Waals surface area contributed by atoms with Gasteiger partial charge in [-0.05, 0) is 0 Å². The van der Waals surface area contributed by atoms with Crippen LogP contribution in [0.1, 0.15) is 0 Å². The predicted octanol–water partition coefficient (Wildman–Crippen LogP) is -3.26. The molecule has 0 fully saturated rings. The predicted molar refractivity (Wildman–Crippen MR) is 60.6 cm³/mol. The maximum Gasteiger partial charge on any atom is 0.470 e. The SMILES string of the molecule is O=C(O)[C@](COP(=O)(O)O)(OP(=O)(O)O)[C@H](O)[C@H](O)CO. The largest absolute Gasteiger partial charge is 0.479 e. The van der Waals surface area contributed by atoms with Crippen molar-refractivity contribution in [3.05, 3.63) is 0 Å². The van der Waals surface area contributed by atoms with Crippen molar-refractivity contribution in [3.63, 3.8) is 0 Å². The third-order valence-corrected chi connectivity index (χ3v) is 3.15. The lowest BCUT2D eigenvalue weighted by molar-refractivity contribution is -0.187. The van der Waals surface area contributed by atoms with Crippen LogP contribution in [0, 0.1) is 0 Å². The van der Waals surface area contributed by atoms with E-state index in [1.54, 1.807) is 0 Å². The van der Waals surface area contributed by atoms with Gasteiger partial charge in [0.2, 0.25) is 5.60 Å². The first-order chi connectivity index (χ1) is 9.25. The van der Waals surface area contributed by atoms with Crippen LogP contribution >= 0.6 is 15.6 Å². The number of hydrogen-bond acceptors (Lipinski definition) is 8. The molecular weight excluding hydrogens is 342 g/mol. The maximum atomic E-state index is 11.1. The lowest BCUT2D eigenvalue weighted by atomic mass is 9.94. The van der Waals surface area contributed by atoms with Crippen LogP contribution in [-0.2, 0) is 23.0 Å². The molecule has 0 aromatic heterocycles. The lowest BCUT2D eigenvalue weighted by Gasteiger charge is -2.34. The standard InChI is InChI=1S/C6H14O13P2/c7-1-3(8)4(9)6(5(10)11,19-21(15,16)17)2-18-20(12,13)14/h3-4,7-9H,1-2H2,(H,10,11)(H2,12,13,14)(H2,15,16,17)/t3-,4-,6-/m1/s1. The Morgan fingerprint density at radius 2 is 1.57 bits per heavy atom. The molecule has 0 bridgehead atoms. The first-order valence-electron chi connectivity index (χ1n) is 4.92. The van der Waals surface area contributed by atoms with Gasteiger partial charge in [0.1, 0.15) is 18.8 Å². The molecule has 3 atom stereocenters. The molecule has 0 heterocycles. The van der Waals surface area contributed by atoms with Gasteiger partial charge in [-0.3, -0.25) is 9.05 Å². The summed E-state index contributed by atoms with van der Waals surface area (Å²) in [6, 6.07) is 0. The van der Waals surface area contributed by atoms with Gasteiger partial charge in [-0.1, -0.05) is 0 Å². The number of rotatable bonds is 9.